The van der Waals surface area contributed by atoms with Crippen molar-refractivity contribution in [2.75, 3.05) is 0 Å². The van der Waals surface area contributed by atoms with Crippen LogP contribution in [-0.2, 0) is 40.2 Å². The first-order chi connectivity index (χ1) is 39.1. The van der Waals surface area contributed by atoms with Crippen LogP contribution in [-0.4, -0.2) is 23.9 Å². The Morgan fingerprint density at radius 2 is 0.235 bits per heavy atom. The number of carboxylic acids is 4. The van der Waals surface area contributed by atoms with Crippen molar-refractivity contribution in [2.24, 2.45) is 0 Å². The van der Waals surface area contributed by atoms with E-state index < -0.39 is 23.9 Å². The summed E-state index contributed by atoms with van der Waals surface area (Å²) in [7, 11) is 0. The smallest absolute Gasteiger partial charge is 0.550 e. The van der Waals surface area contributed by atoms with Crippen LogP contribution < -0.4 is 20.4 Å². The first-order valence-electron chi connectivity index (χ1n) is 35.9. The SMILES string of the molecule is CCCCCCCCCCCCCCCCCC(=O)[O-].CCCCCCCCCCCCCCCCCC(=O)[O-].CCCCCCCCCCCCCCCCCC(=O)[O-].CCCCCCCCCCCCCCCCCC(=O)[O-].[Pt+4]. The van der Waals surface area contributed by atoms with Gasteiger partial charge in [-0.15, -0.1) is 0 Å². The van der Waals surface area contributed by atoms with E-state index in [0.717, 1.165) is 51.4 Å². The third kappa shape index (κ3) is 104. The Bertz CT molecular complexity index is 990. The molecule has 0 saturated carbocycles. The summed E-state index contributed by atoms with van der Waals surface area (Å²) in [6, 6.07) is 0. The zero-order chi connectivity index (χ0) is 59.6. The van der Waals surface area contributed by atoms with E-state index in [1.54, 1.807) is 0 Å². The Morgan fingerprint density at radius 3 is 0.309 bits per heavy atom. The average Bonchev–Trinajstić information content (AvgIpc) is 3.43. The van der Waals surface area contributed by atoms with E-state index in [9.17, 15) is 39.6 Å². The molecule has 486 valence electrons. The van der Waals surface area contributed by atoms with E-state index in [2.05, 4.69) is 27.7 Å². The van der Waals surface area contributed by atoms with Gasteiger partial charge in [0.25, 0.3) is 0 Å². The van der Waals surface area contributed by atoms with Crippen LogP contribution in [0.5, 0.6) is 0 Å². The maximum atomic E-state index is 10.2. The monoisotopic (exact) mass is 1330 g/mol. The fourth-order valence-corrected chi connectivity index (χ4v) is 10.6. The average molecular weight is 1330 g/mol. The minimum absolute atomic E-state index is 0. The molecule has 0 atom stereocenters. The number of aliphatic carboxylic acids is 4. The predicted molar refractivity (Wildman–Crippen MR) is 338 cm³/mol. The van der Waals surface area contributed by atoms with E-state index in [4.69, 9.17) is 0 Å². The van der Waals surface area contributed by atoms with Crippen LogP contribution in [0.25, 0.3) is 0 Å². The summed E-state index contributed by atoms with van der Waals surface area (Å²) in [6.07, 6.45) is 79.4. The minimum atomic E-state index is -0.903. The van der Waals surface area contributed by atoms with E-state index in [1.807, 2.05) is 0 Å². The molecule has 0 aromatic heterocycles. The Labute approximate surface area is 520 Å². The summed E-state index contributed by atoms with van der Waals surface area (Å²) in [5.74, 6) is -3.61. The number of carbonyl (C=O) groups is 4. The number of hydrogen-bond donors (Lipinski definition) is 0. The van der Waals surface area contributed by atoms with Gasteiger partial charge in [-0.25, -0.2) is 0 Å². The normalized spacial score (nSPS) is 10.7. The summed E-state index contributed by atoms with van der Waals surface area (Å²) in [6.45, 7) is 9.07. The summed E-state index contributed by atoms with van der Waals surface area (Å²) in [4.78, 5) is 40.9. The van der Waals surface area contributed by atoms with Crippen LogP contribution in [0.4, 0.5) is 0 Å². The molecule has 0 unspecified atom stereocenters. The fourth-order valence-electron chi connectivity index (χ4n) is 10.6. The maximum absolute atomic E-state index is 10.2. The molecule has 0 aromatic rings. The largest absolute Gasteiger partial charge is 4.00 e. The van der Waals surface area contributed by atoms with Gasteiger partial charge in [0, 0.05) is 23.9 Å². The number of carboxylic acid groups (broad SMARTS) is 4. The molecule has 0 N–H and O–H groups in total. The maximum Gasteiger partial charge on any atom is 4.00 e. The molecule has 8 nitrogen and oxygen atoms in total. The van der Waals surface area contributed by atoms with Gasteiger partial charge in [0.1, 0.15) is 0 Å². The molecule has 0 amide bonds. The van der Waals surface area contributed by atoms with Crippen molar-refractivity contribution in [3.63, 3.8) is 0 Å². The zero-order valence-corrected chi connectivity index (χ0v) is 57.1. The van der Waals surface area contributed by atoms with Crippen LogP contribution in [0.3, 0.4) is 0 Å². The molecular weight excluding hydrogens is 1190 g/mol. The standard InChI is InChI=1S/4C18H36O2.Pt/c4*1-2-3-4-5-6-7-8-9-10-11-12-13-14-15-16-17-18(19)20;/h4*2-17H2,1H3,(H,19,20);/q;;;;+4/p-4. The van der Waals surface area contributed by atoms with Crippen LogP contribution in [0.15, 0.2) is 0 Å². The van der Waals surface area contributed by atoms with Crippen molar-refractivity contribution >= 4 is 23.9 Å². The van der Waals surface area contributed by atoms with Crippen LogP contribution in [0.1, 0.15) is 439 Å². The number of unbranched alkanes of at least 4 members (excludes halogenated alkanes) is 56. The fraction of sp³-hybridized carbons (Fsp3) is 0.944. The molecule has 0 aromatic carbocycles. The van der Waals surface area contributed by atoms with E-state index in [0.29, 0.717) is 0 Å². The van der Waals surface area contributed by atoms with Gasteiger partial charge < -0.3 is 39.6 Å². The van der Waals surface area contributed by atoms with E-state index in [1.165, 1.54) is 334 Å². The van der Waals surface area contributed by atoms with E-state index in [-0.39, 0.29) is 46.7 Å². The number of rotatable bonds is 64. The molecule has 0 fully saturated rings. The Balaban J connectivity index is -0.000000316. The molecule has 0 aliphatic carbocycles. The second-order valence-electron chi connectivity index (χ2n) is 24.3. The molecule has 0 heterocycles. The Kier molecular flexibility index (Phi) is 92.7. The molecule has 0 spiro atoms. The predicted octanol–water partition coefficient (Wildman–Crippen LogP) is 20.0. The van der Waals surface area contributed by atoms with E-state index >= 15 is 0 Å². The zero-order valence-electron chi connectivity index (χ0n) is 54.8. The second-order valence-corrected chi connectivity index (χ2v) is 24.3. The van der Waals surface area contributed by atoms with Gasteiger partial charge in [0.2, 0.25) is 0 Å². The molecular formula is C72H140O8Pt. The van der Waals surface area contributed by atoms with Gasteiger partial charge in [-0.2, -0.15) is 0 Å². The van der Waals surface area contributed by atoms with Gasteiger partial charge in [-0.3, -0.25) is 0 Å². The molecule has 9 heteroatoms. The van der Waals surface area contributed by atoms with Crippen LogP contribution in [0, 0.1) is 0 Å². The molecule has 0 saturated heterocycles. The molecule has 81 heavy (non-hydrogen) atoms. The summed E-state index contributed by atoms with van der Waals surface area (Å²) in [5, 5.41) is 40.9. The van der Waals surface area contributed by atoms with Gasteiger partial charge in [-0.1, -0.05) is 387 Å². The number of hydrogen-bond acceptors (Lipinski definition) is 8. The summed E-state index contributed by atoms with van der Waals surface area (Å²) < 4.78 is 0. The molecule has 0 rings (SSSR count). The van der Waals surface area contributed by atoms with Gasteiger partial charge in [0.05, 0.1) is 0 Å². The molecule has 0 bridgehead atoms. The quantitative estimate of drug-likeness (QED) is 0.0544. The van der Waals surface area contributed by atoms with Crippen molar-refractivity contribution in [1.82, 2.24) is 0 Å². The van der Waals surface area contributed by atoms with Gasteiger partial charge in [0.15, 0.2) is 0 Å². The first kappa shape index (κ1) is 88.3. The molecule has 0 aliphatic heterocycles. The van der Waals surface area contributed by atoms with Crippen LogP contribution in [0.2, 0.25) is 0 Å². The topological polar surface area (TPSA) is 161 Å². The minimum Gasteiger partial charge on any atom is -0.550 e. The van der Waals surface area contributed by atoms with Crippen LogP contribution >= 0.6 is 0 Å². The molecule has 0 radical (unpaired) electrons. The molecule has 0 aliphatic rings. The van der Waals surface area contributed by atoms with Crippen molar-refractivity contribution in [3.8, 4) is 0 Å². The van der Waals surface area contributed by atoms with Crippen molar-refractivity contribution < 1.29 is 60.7 Å². The Hall–Kier alpha value is -1.43. The third-order valence-corrected chi connectivity index (χ3v) is 15.9. The number of carbonyl (C=O) groups excluding carboxylic acids is 4. The van der Waals surface area contributed by atoms with Gasteiger partial charge >= 0.3 is 21.1 Å². The first-order valence-corrected chi connectivity index (χ1v) is 35.9. The van der Waals surface area contributed by atoms with Crippen molar-refractivity contribution in [2.45, 2.75) is 439 Å². The van der Waals surface area contributed by atoms with Crippen molar-refractivity contribution in [1.29, 1.82) is 0 Å². The summed E-state index contributed by atoms with van der Waals surface area (Å²) >= 11 is 0. The third-order valence-electron chi connectivity index (χ3n) is 15.9. The van der Waals surface area contributed by atoms with Gasteiger partial charge in [-0.05, 0) is 51.4 Å². The second kappa shape index (κ2) is 85.0. The van der Waals surface area contributed by atoms with Crippen molar-refractivity contribution in [3.05, 3.63) is 0 Å². The Morgan fingerprint density at radius 1 is 0.160 bits per heavy atom. The summed E-state index contributed by atoms with van der Waals surface area (Å²) in [5.41, 5.74) is 0.